The third-order valence-electron chi connectivity index (χ3n) is 1.68. The number of rotatable bonds is 2. The van der Waals surface area contributed by atoms with Crippen molar-refractivity contribution in [1.29, 1.82) is 0 Å². The van der Waals surface area contributed by atoms with Gasteiger partial charge in [0.15, 0.2) is 7.14 Å². The first-order chi connectivity index (χ1) is 6.45. The van der Waals surface area contributed by atoms with Gasteiger partial charge in [-0.05, 0) is 24.3 Å². The van der Waals surface area contributed by atoms with Gasteiger partial charge < -0.3 is 0 Å². The van der Waals surface area contributed by atoms with E-state index in [0.717, 1.165) is 0 Å². The highest BCUT2D eigenvalue weighted by Crippen LogP contribution is 1.85. The average Bonchev–Trinajstić information content (AvgIpc) is 2.21. The van der Waals surface area contributed by atoms with Crippen molar-refractivity contribution >= 4 is 12.4 Å². The molecular formula is C12H11ClI+. The van der Waals surface area contributed by atoms with Gasteiger partial charge in [0, 0.05) is 0 Å². The third kappa shape index (κ3) is 3.31. The number of halogens is 2. The summed E-state index contributed by atoms with van der Waals surface area (Å²) in [6.07, 6.45) is 0. The standard InChI is InChI=1S/C12H10I.ClH/c1-3-7-11(8-4-1)13-12-9-5-2-6-10-12;/h1-10H;1H/q+1;. The summed E-state index contributed by atoms with van der Waals surface area (Å²) in [6, 6.07) is 21.4. The van der Waals surface area contributed by atoms with E-state index in [4.69, 9.17) is 0 Å². The van der Waals surface area contributed by atoms with E-state index in [1.807, 2.05) is 0 Å². The van der Waals surface area contributed by atoms with Gasteiger partial charge in [0.25, 0.3) is 0 Å². The van der Waals surface area contributed by atoms with Gasteiger partial charge in [0.2, 0.25) is 0 Å². The van der Waals surface area contributed by atoms with E-state index in [1.165, 1.54) is 7.14 Å². The van der Waals surface area contributed by atoms with Gasteiger partial charge in [0.1, 0.15) is 0 Å². The highest BCUT2D eigenvalue weighted by atomic mass is 127. The van der Waals surface area contributed by atoms with Gasteiger partial charge in [0.05, 0.1) is 0 Å². The molecule has 14 heavy (non-hydrogen) atoms. The van der Waals surface area contributed by atoms with Crippen LogP contribution in [0.3, 0.4) is 0 Å². The van der Waals surface area contributed by atoms with Crippen molar-refractivity contribution in [2.24, 2.45) is 0 Å². The topological polar surface area (TPSA) is 0 Å². The first-order valence-corrected chi connectivity index (χ1v) is 6.36. The number of hydrogen-bond donors (Lipinski definition) is 0. The highest BCUT2D eigenvalue weighted by molar-refractivity contribution is 5.85. The van der Waals surface area contributed by atoms with Gasteiger partial charge >= 0.3 is 21.2 Å². The summed E-state index contributed by atoms with van der Waals surface area (Å²) < 4.78 is 2.96. The lowest BCUT2D eigenvalue weighted by Gasteiger charge is -1.84. The second-order valence-corrected chi connectivity index (χ2v) is 5.72. The van der Waals surface area contributed by atoms with Crippen molar-refractivity contribution < 1.29 is 21.2 Å². The monoisotopic (exact) mass is 317 g/mol. The molecule has 2 aromatic carbocycles. The normalized spacial score (nSPS) is 9.14. The lowest BCUT2D eigenvalue weighted by atomic mass is 10.4. The van der Waals surface area contributed by atoms with E-state index in [0.29, 0.717) is 0 Å². The van der Waals surface area contributed by atoms with Crippen molar-refractivity contribution in [1.82, 2.24) is 0 Å². The van der Waals surface area contributed by atoms with Crippen molar-refractivity contribution in [3.8, 4) is 0 Å². The maximum atomic E-state index is 2.21. The van der Waals surface area contributed by atoms with Crippen LogP contribution in [0.2, 0.25) is 0 Å². The summed E-state index contributed by atoms with van der Waals surface area (Å²) in [5.41, 5.74) is 0. The van der Waals surface area contributed by atoms with Crippen LogP contribution in [-0.2, 0) is 0 Å². The van der Waals surface area contributed by atoms with Gasteiger partial charge in [-0.2, -0.15) is 0 Å². The molecule has 0 saturated carbocycles. The Labute approximate surface area is 101 Å². The second kappa shape index (κ2) is 6.04. The quantitative estimate of drug-likeness (QED) is 0.696. The first kappa shape index (κ1) is 11.5. The largest absolute Gasteiger partial charge is 0.357 e. The van der Waals surface area contributed by atoms with E-state index < -0.39 is 0 Å². The minimum Gasteiger partial charge on any atom is -0.147 e. The van der Waals surface area contributed by atoms with Gasteiger partial charge in [-0.3, -0.25) is 0 Å². The number of benzene rings is 2. The molecule has 0 bridgehead atoms. The average molecular weight is 318 g/mol. The molecule has 0 saturated heterocycles. The summed E-state index contributed by atoms with van der Waals surface area (Å²) >= 11 is 0.0287. The zero-order valence-corrected chi connectivity index (χ0v) is 10.5. The Morgan fingerprint density at radius 3 is 1.29 bits per heavy atom. The van der Waals surface area contributed by atoms with Gasteiger partial charge in [-0.25, -0.2) is 0 Å². The van der Waals surface area contributed by atoms with Gasteiger partial charge in [-0.1, -0.05) is 36.4 Å². The molecule has 0 atom stereocenters. The summed E-state index contributed by atoms with van der Waals surface area (Å²) in [7, 11) is 0. The van der Waals surface area contributed by atoms with Crippen molar-refractivity contribution in [2.75, 3.05) is 0 Å². The van der Waals surface area contributed by atoms with Crippen LogP contribution in [0.5, 0.6) is 0 Å². The van der Waals surface area contributed by atoms with Crippen LogP contribution < -0.4 is 21.2 Å². The molecule has 2 rings (SSSR count). The minimum absolute atomic E-state index is 0. The zero-order chi connectivity index (χ0) is 8.93. The van der Waals surface area contributed by atoms with E-state index in [-0.39, 0.29) is 33.6 Å². The molecular weight excluding hydrogens is 306 g/mol. The van der Waals surface area contributed by atoms with Crippen molar-refractivity contribution in [2.45, 2.75) is 0 Å². The summed E-state index contributed by atoms with van der Waals surface area (Å²) in [5, 5.41) is 0. The number of hydrogen-bond acceptors (Lipinski definition) is 0. The van der Waals surface area contributed by atoms with Crippen LogP contribution in [-0.4, -0.2) is 0 Å². The minimum atomic E-state index is 0. The molecule has 0 aliphatic heterocycles. The molecule has 0 aliphatic rings. The third-order valence-corrected chi connectivity index (χ3v) is 4.37. The molecule has 0 unspecified atom stereocenters. The van der Waals surface area contributed by atoms with E-state index in [9.17, 15) is 0 Å². The lowest BCUT2D eigenvalue weighted by molar-refractivity contribution is -0.597. The molecule has 0 amide bonds. The maximum absolute atomic E-state index is 2.21. The fraction of sp³-hybridized carbons (Fsp3) is 0. The molecule has 0 aliphatic carbocycles. The summed E-state index contributed by atoms with van der Waals surface area (Å²) in [5.74, 6) is 0. The second-order valence-electron chi connectivity index (χ2n) is 2.69. The molecule has 0 N–H and O–H groups in total. The predicted molar refractivity (Wildman–Crippen MR) is 57.5 cm³/mol. The molecule has 0 aromatic heterocycles. The maximum Gasteiger partial charge on any atom is 0.357 e. The predicted octanol–water partition coefficient (Wildman–Crippen LogP) is 0.237. The Balaban J connectivity index is 0.000000980. The molecule has 0 heterocycles. The smallest absolute Gasteiger partial charge is 0.147 e. The molecule has 72 valence electrons. The van der Waals surface area contributed by atoms with Gasteiger partial charge in [-0.15, -0.1) is 12.4 Å². The Morgan fingerprint density at radius 1 is 0.571 bits per heavy atom. The van der Waals surface area contributed by atoms with Crippen molar-refractivity contribution in [3.63, 3.8) is 0 Å². The molecule has 0 nitrogen and oxygen atoms in total. The van der Waals surface area contributed by atoms with Crippen LogP contribution >= 0.6 is 12.4 Å². The van der Waals surface area contributed by atoms with Crippen LogP contribution in [0.4, 0.5) is 0 Å². The SMILES string of the molecule is Cl.c1ccc([I+]c2ccccc2)cc1. The van der Waals surface area contributed by atoms with Crippen molar-refractivity contribution in [3.05, 3.63) is 67.8 Å². The molecule has 2 aromatic rings. The van der Waals surface area contributed by atoms with Crippen LogP contribution in [0, 0.1) is 7.14 Å². The lowest BCUT2D eigenvalue weighted by Crippen LogP contribution is -3.61. The molecule has 0 fully saturated rings. The highest BCUT2D eigenvalue weighted by Gasteiger charge is 2.12. The zero-order valence-electron chi connectivity index (χ0n) is 7.56. The Morgan fingerprint density at radius 2 is 0.929 bits per heavy atom. The van der Waals surface area contributed by atoms with E-state index in [2.05, 4.69) is 60.7 Å². The summed E-state index contributed by atoms with van der Waals surface area (Å²) in [6.45, 7) is 0. The van der Waals surface area contributed by atoms with Crippen LogP contribution in [0.15, 0.2) is 60.7 Å². The fourth-order valence-electron chi connectivity index (χ4n) is 1.08. The molecule has 0 spiro atoms. The molecule has 0 radical (unpaired) electrons. The van der Waals surface area contributed by atoms with E-state index in [1.54, 1.807) is 0 Å². The van der Waals surface area contributed by atoms with Crippen LogP contribution in [0.25, 0.3) is 0 Å². The Bertz CT molecular complexity index is 321. The summed E-state index contributed by atoms with van der Waals surface area (Å²) in [4.78, 5) is 0. The molecule has 2 heteroatoms. The Kier molecular flexibility index (Phi) is 4.98. The fourth-order valence-corrected chi connectivity index (χ4v) is 3.35. The van der Waals surface area contributed by atoms with Crippen LogP contribution in [0.1, 0.15) is 0 Å². The first-order valence-electron chi connectivity index (χ1n) is 4.20. The van der Waals surface area contributed by atoms with E-state index >= 15 is 0 Å². The Hall–Kier alpha value is -0.540.